The number of aromatic nitrogens is 2. The Balaban J connectivity index is 2.37. The molecule has 66 valence electrons. The minimum atomic E-state index is -0.324. The molecule has 0 aromatic carbocycles. The molecular formula is C7H11FN4. The second-order valence-electron chi connectivity index (χ2n) is 2.31. The van der Waals surface area contributed by atoms with Gasteiger partial charge in [-0.05, 0) is 18.6 Å². The van der Waals surface area contributed by atoms with Gasteiger partial charge in [0.15, 0.2) is 0 Å². The van der Waals surface area contributed by atoms with Crippen LogP contribution in [-0.4, -0.2) is 23.4 Å². The molecule has 3 N–H and O–H groups in total. The maximum Gasteiger partial charge on any atom is 0.148 e. The van der Waals surface area contributed by atoms with E-state index in [0.717, 1.165) is 0 Å². The SMILES string of the molecule is Nc1ccc(NCCCF)nn1. The fraction of sp³-hybridized carbons (Fsp3) is 0.429. The molecule has 1 rings (SSSR count). The first-order valence-corrected chi connectivity index (χ1v) is 3.72. The summed E-state index contributed by atoms with van der Waals surface area (Å²) in [5.74, 6) is 1.00. The van der Waals surface area contributed by atoms with E-state index < -0.39 is 0 Å². The van der Waals surface area contributed by atoms with Crippen LogP contribution in [0.15, 0.2) is 12.1 Å². The lowest BCUT2D eigenvalue weighted by molar-refractivity contribution is 0.481. The number of anilines is 2. The summed E-state index contributed by atoms with van der Waals surface area (Å²) in [4.78, 5) is 0. The molecule has 0 radical (unpaired) electrons. The average molecular weight is 170 g/mol. The highest BCUT2D eigenvalue weighted by Gasteiger charge is 1.92. The third kappa shape index (κ3) is 2.69. The van der Waals surface area contributed by atoms with Crippen LogP contribution in [0.3, 0.4) is 0 Å². The Bertz CT molecular complexity index is 223. The van der Waals surface area contributed by atoms with Crippen LogP contribution in [0.5, 0.6) is 0 Å². The first-order chi connectivity index (χ1) is 5.83. The van der Waals surface area contributed by atoms with Crippen LogP contribution < -0.4 is 11.1 Å². The molecule has 1 aromatic heterocycles. The van der Waals surface area contributed by atoms with E-state index >= 15 is 0 Å². The number of hydrogen-bond acceptors (Lipinski definition) is 4. The molecule has 0 bridgehead atoms. The summed E-state index contributed by atoms with van der Waals surface area (Å²) >= 11 is 0. The number of nitrogens with zero attached hydrogens (tertiary/aromatic N) is 2. The van der Waals surface area contributed by atoms with Crippen molar-refractivity contribution >= 4 is 11.6 Å². The Morgan fingerprint density at radius 2 is 2.25 bits per heavy atom. The predicted molar refractivity (Wildman–Crippen MR) is 45.5 cm³/mol. The van der Waals surface area contributed by atoms with Gasteiger partial charge in [-0.25, -0.2) is 0 Å². The smallest absolute Gasteiger partial charge is 0.148 e. The van der Waals surface area contributed by atoms with Crippen LogP contribution in [0, 0.1) is 0 Å². The topological polar surface area (TPSA) is 63.8 Å². The van der Waals surface area contributed by atoms with Crippen molar-refractivity contribution in [3.8, 4) is 0 Å². The van der Waals surface area contributed by atoms with Crippen molar-refractivity contribution in [2.45, 2.75) is 6.42 Å². The Kier molecular flexibility index (Phi) is 3.25. The zero-order valence-corrected chi connectivity index (χ0v) is 6.63. The molecule has 0 unspecified atom stereocenters. The first-order valence-electron chi connectivity index (χ1n) is 3.72. The molecule has 1 heterocycles. The van der Waals surface area contributed by atoms with E-state index in [-0.39, 0.29) is 6.67 Å². The Morgan fingerprint density at radius 1 is 1.42 bits per heavy atom. The predicted octanol–water partition coefficient (Wildman–Crippen LogP) is 0.830. The summed E-state index contributed by atoms with van der Waals surface area (Å²) in [6, 6.07) is 3.35. The molecule has 5 heteroatoms. The van der Waals surface area contributed by atoms with E-state index in [1.165, 1.54) is 0 Å². The number of alkyl halides is 1. The van der Waals surface area contributed by atoms with Gasteiger partial charge in [0.05, 0.1) is 6.67 Å². The molecule has 0 atom stereocenters. The Morgan fingerprint density at radius 3 is 2.83 bits per heavy atom. The van der Waals surface area contributed by atoms with E-state index in [1.807, 2.05) is 0 Å². The maximum absolute atomic E-state index is 11.7. The lowest BCUT2D eigenvalue weighted by Gasteiger charge is -2.01. The Labute approximate surface area is 70.0 Å². The van der Waals surface area contributed by atoms with Gasteiger partial charge >= 0.3 is 0 Å². The van der Waals surface area contributed by atoms with Crippen molar-refractivity contribution < 1.29 is 4.39 Å². The van der Waals surface area contributed by atoms with E-state index in [0.29, 0.717) is 24.6 Å². The van der Waals surface area contributed by atoms with E-state index in [1.54, 1.807) is 12.1 Å². The van der Waals surface area contributed by atoms with Crippen molar-refractivity contribution in [3.63, 3.8) is 0 Å². The van der Waals surface area contributed by atoms with Crippen molar-refractivity contribution in [2.24, 2.45) is 0 Å². The second kappa shape index (κ2) is 4.48. The molecule has 0 spiro atoms. The fourth-order valence-electron chi connectivity index (χ4n) is 0.720. The van der Waals surface area contributed by atoms with Gasteiger partial charge in [0.25, 0.3) is 0 Å². The van der Waals surface area contributed by atoms with Crippen LogP contribution in [0.2, 0.25) is 0 Å². The van der Waals surface area contributed by atoms with E-state index in [9.17, 15) is 4.39 Å². The molecule has 0 saturated heterocycles. The first kappa shape index (κ1) is 8.70. The molecule has 0 fully saturated rings. The van der Waals surface area contributed by atoms with Gasteiger partial charge in [-0.3, -0.25) is 4.39 Å². The summed E-state index contributed by atoms with van der Waals surface area (Å²) in [5.41, 5.74) is 5.32. The van der Waals surface area contributed by atoms with Crippen LogP contribution in [-0.2, 0) is 0 Å². The van der Waals surface area contributed by atoms with Crippen LogP contribution in [0.4, 0.5) is 16.0 Å². The summed E-state index contributed by atoms with van der Waals surface area (Å²) in [5, 5.41) is 10.3. The number of nitrogens with two attached hydrogens (primary N) is 1. The zero-order chi connectivity index (χ0) is 8.81. The highest BCUT2D eigenvalue weighted by molar-refractivity contribution is 5.38. The normalized spacial score (nSPS) is 9.75. The Hall–Kier alpha value is -1.39. The summed E-state index contributed by atoms with van der Waals surface area (Å²) < 4.78 is 11.7. The molecule has 12 heavy (non-hydrogen) atoms. The average Bonchev–Trinajstić information content (AvgIpc) is 2.09. The summed E-state index contributed by atoms with van der Waals surface area (Å²) in [7, 11) is 0. The van der Waals surface area contributed by atoms with Gasteiger partial charge in [0, 0.05) is 6.54 Å². The molecule has 0 aliphatic rings. The molecular weight excluding hydrogens is 159 g/mol. The minimum absolute atomic E-state index is 0.324. The second-order valence-corrected chi connectivity index (χ2v) is 2.31. The third-order valence-electron chi connectivity index (χ3n) is 1.30. The van der Waals surface area contributed by atoms with Gasteiger partial charge in [0.2, 0.25) is 0 Å². The van der Waals surface area contributed by atoms with Gasteiger partial charge in [-0.15, -0.1) is 10.2 Å². The van der Waals surface area contributed by atoms with Crippen LogP contribution in [0.25, 0.3) is 0 Å². The standard InChI is InChI=1S/C7H11FN4/c8-4-1-5-10-7-3-2-6(9)11-12-7/h2-3H,1,4-5H2,(H2,9,11)(H,10,12). The number of hydrogen-bond donors (Lipinski definition) is 2. The van der Waals surface area contributed by atoms with Crippen molar-refractivity contribution in [2.75, 3.05) is 24.3 Å². The fourth-order valence-corrected chi connectivity index (χ4v) is 0.720. The van der Waals surface area contributed by atoms with E-state index in [2.05, 4.69) is 15.5 Å². The van der Waals surface area contributed by atoms with Crippen molar-refractivity contribution in [3.05, 3.63) is 12.1 Å². The molecule has 0 aliphatic carbocycles. The third-order valence-corrected chi connectivity index (χ3v) is 1.30. The van der Waals surface area contributed by atoms with Gasteiger partial charge in [-0.1, -0.05) is 0 Å². The summed E-state index contributed by atoms with van der Waals surface area (Å²) in [6.07, 6.45) is 0.478. The van der Waals surface area contributed by atoms with Crippen LogP contribution in [0.1, 0.15) is 6.42 Å². The van der Waals surface area contributed by atoms with Gasteiger partial charge in [0.1, 0.15) is 11.6 Å². The van der Waals surface area contributed by atoms with Crippen LogP contribution >= 0.6 is 0 Å². The lowest BCUT2D eigenvalue weighted by atomic mass is 10.4. The monoisotopic (exact) mass is 170 g/mol. The highest BCUT2D eigenvalue weighted by atomic mass is 19.1. The quantitative estimate of drug-likeness (QED) is 0.657. The summed E-state index contributed by atoms with van der Waals surface area (Å²) in [6.45, 7) is 0.241. The molecule has 0 aliphatic heterocycles. The maximum atomic E-state index is 11.7. The van der Waals surface area contributed by atoms with Gasteiger partial charge < -0.3 is 11.1 Å². The van der Waals surface area contributed by atoms with Crippen molar-refractivity contribution in [1.82, 2.24) is 10.2 Å². The molecule has 4 nitrogen and oxygen atoms in total. The minimum Gasteiger partial charge on any atom is -0.382 e. The number of halogens is 1. The van der Waals surface area contributed by atoms with Gasteiger partial charge in [-0.2, -0.15) is 0 Å². The zero-order valence-electron chi connectivity index (χ0n) is 6.63. The number of rotatable bonds is 4. The van der Waals surface area contributed by atoms with E-state index in [4.69, 9.17) is 5.73 Å². The largest absolute Gasteiger partial charge is 0.382 e. The highest BCUT2D eigenvalue weighted by Crippen LogP contribution is 2.01. The number of nitrogens with one attached hydrogen (secondary N) is 1. The van der Waals surface area contributed by atoms with Crippen molar-refractivity contribution in [1.29, 1.82) is 0 Å². The molecule has 0 saturated carbocycles. The molecule has 0 amide bonds. The molecule has 1 aromatic rings. The number of nitrogen functional groups attached to an aromatic ring is 1. The lowest BCUT2D eigenvalue weighted by Crippen LogP contribution is -2.05.